The number of ether oxygens (including phenoxy) is 1. The molecule has 0 aliphatic heterocycles. The van der Waals surface area contributed by atoms with Crippen LogP contribution in [-0.4, -0.2) is 30.8 Å². The first-order valence-electron chi connectivity index (χ1n) is 13.5. The van der Waals surface area contributed by atoms with E-state index < -0.39 is 21.3 Å². The zero-order valence-corrected chi connectivity index (χ0v) is 24.9. The molecule has 0 radical (unpaired) electrons. The molecule has 0 amide bonds. The summed E-state index contributed by atoms with van der Waals surface area (Å²) in [6.45, 7) is 4.61. The van der Waals surface area contributed by atoms with Crippen LogP contribution in [0.3, 0.4) is 0 Å². The molecular weight excluding hydrogens is 447 g/mol. The van der Waals surface area contributed by atoms with Crippen molar-refractivity contribution in [1.29, 1.82) is 0 Å². The zero-order valence-electron chi connectivity index (χ0n) is 22.1. The van der Waals surface area contributed by atoms with E-state index in [1.165, 1.54) is 83.5 Å². The quantitative estimate of drug-likeness (QED) is 0.0835. The van der Waals surface area contributed by atoms with E-state index >= 15 is 0 Å². The van der Waals surface area contributed by atoms with Gasteiger partial charge in [-0.2, -0.15) is 0 Å². The maximum absolute atomic E-state index is 12.1. The van der Waals surface area contributed by atoms with Crippen LogP contribution in [0.15, 0.2) is 0 Å². The van der Waals surface area contributed by atoms with Crippen LogP contribution in [-0.2, 0) is 19.6 Å². The van der Waals surface area contributed by atoms with Crippen molar-refractivity contribution in [3.63, 3.8) is 0 Å². The first-order chi connectivity index (χ1) is 15.4. The summed E-state index contributed by atoms with van der Waals surface area (Å²) < 4.78 is 39.6. The molecule has 5 nitrogen and oxygen atoms in total. The third-order valence-electron chi connectivity index (χ3n) is 6.17. The Balaban J connectivity index is 0. The van der Waals surface area contributed by atoms with E-state index in [0.29, 0.717) is 6.42 Å². The van der Waals surface area contributed by atoms with Gasteiger partial charge in [0.2, 0.25) is 0 Å². The smallest absolute Gasteiger partial charge is 0.747 e. The van der Waals surface area contributed by atoms with Gasteiger partial charge in [-0.15, -0.1) is 0 Å². The molecule has 33 heavy (non-hydrogen) atoms. The van der Waals surface area contributed by atoms with Crippen LogP contribution in [0, 0.1) is 0 Å². The van der Waals surface area contributed by atoms with Crippen molar-refractivity contribution in [2.45, 2.75) is 154 Å². The summed E-state index contributed by atoms with van der Waals surface area (Å²) in [7, 11) is -4.66. The fourth-order valence-electron chi connectivity index (χ4n) is 4.05. The Morgan fingerprint density at radius 2 is 0.970 bits per heavy atom. The molecule has 1 atom stereocenters. The minimum absolute atomic E-state index is 0. The van der Waals surface area contributed by atoms with Gasteiger partial charge in [0, 0.05) is 0 Å². The van der Waals surface area contributed by atoms with Crippen molar-refractivity contribution in [2.75, 3.05) is 6.61 Å². The molecule has 0 aliphatic rings. The molecule has 0 heterocycles. The van der Waals surface area contributed by atoms with E-state index in [9.17, 15) is 17.8 Å². The van der Waals surface area contributed by atoms with Gasteiger partial charge in [-0.1, -0.05) is 136 Å². The first-order valence-corrected chi connectivity index (χ1v) is 15.0. The molecule has 7 heteroatoms. The average molecular weight is 499 g/mol. The van der Waals surface area contributed by atoms with Gasteiger partial charge in [-0.05, 0) is 12.8 Å². The molecule has 0 aromatic carbocycles. The van der Waals surface area contributed by atoms with Gasteiger partial charge in [0.05, 0.1) is 6.61 Å². The van der Waals surface area contributed by atoms with Gasteiger partial charge in [0.15, 0.2) is 0 Å². The molecule has 0 bridgehead atoms. The summed E-state index contributed by atoms with van der Waals surface area (Å²) >= 11 is 0. The SMILES string of the molecule is CCCCCCCCCCCCCCCCC(C(=O)OCCCCCCCC)S(=O)(=O)[O-].[Na+]. The monoisotopic (exact) mass is 498 g/mol. The molecule has 0 aliphatic carbocycles. The second-order valence-electron chi connectivity index (χ2n) is 9.30. The van der Waals surface area contributed by atoms with Gasteiger partial charge in [0.1, 0.15) is 15.4 Å². The van der Waals surface area contributed by atoms with E-state index in [4.69, 9.17) is 4.74 Å². The van der Waals surface area contributed by atoms with Crippen molar-refractivity contribution in [3.8, 4) is 0 Å². The number of carbonyl (C=O) groups excluding carboxylic acids is 1. The summed E-state index contributed by atoms with van der Waals surface area (Å²) in [5.41, 5.74) is 0. The summed E-state index contributed by atoms with van der Waals surface area (Å²) in [4.78, 5) is 12.1. The van der Waals surface area contributed by atoms with Crippen LogP contribution in [0.2, 0.25) is 0 Å². The van der Waals surface area contributed by atoms with Crippen molar-refractivity contribution in [3.05, 3.63) is 0 Å². The minimum atomic E-state index is -4.66. The van der Waals surface area contributed by atoms with Crippen molar-refractivity contribution >= 4 is 16.1 Å². The van der Waals surface area contributed by atoms with Crippen LogP contribution >= 0.6 is 0 Å². The van der Waals surface area contributed by atoms with Crippen LogP contribution in [0.5, 0.6) is 0 Å². The van der Waals surface area contributed by atoms with Crippen LogP contribution < -0.4 is 29.6 Å². The molecule has 0 saturated heterocycles. The maximum atomic E-state index is 12.1. The molecule has 0 aromatic rings. The molecular formula is C26H51NaO5S. The topological polar surface area (TPSA) is 83.5 Å². The molecule has 0 rings (SSSR count). The number of carbonyl (C=O) groups is 1. The van der Waals surface area contributed by atoms with Gasteiger partial charge in [-0.3, -0.25) is 4.79 Å². The van der Waals surface area contributed by atoms with E-state index in [-0.39, 0.29) is 42.6 Å². The van der Waals surface area contributed by atoms with Crippen LogP contribution in [0.4, 0.5) is 0 Å². The van der Waals surface area contributed by atoms with E-state index in [2.05, 4.69) is 13.8 Å². The Morgan fingerprint density at radius 3 is 1.33 bits per heavy atom. The largest absolute Gasteiger partial charge is 1.00 e. The van der Waals surface area contributed by atoms with E-state index in [1.54, 1.807) is 0 Å². The zero-order chi connectivity index (χ0) is 23.9. The molecule has 0 N–H and O–H groups in total. The Bertz CT molecular complexity index is 525. The Hall–Kier alpha value is 0.380. The molecule has 192 valence electrons. The second-order valence-corrected chi connectivity index (χ2v) is 10.9. The number of unbranched alkanes of at least 4 members (excludes halogenated alkanes) is 18. The van der Waals surface area contributed by atoms with Crippen LogP contribution in [0.1, 0.15) is 149 Å². The number of esters is 1. The third-order valence-corrected chi connectivity index (χ3v) is 7.30. The predicted octanol–water partition coefficient (Wildman–Crippen LogP) is 4.68. The second kappa shape index (κ2) is 25.5. The standard InChI is InChI=1S/C26H52O5S.Na/c1-3-5-7-9-11-12-13-14-15-16-17-18-19-21-23-25(32(28,29)30)26(27)31-24-22-20-10-8-6-4-2;/h25H,3-24H2,1-2H3,(H,28,29,30);/q;+1/p-1. The van der Waals surface area contributed by atoms with Gasteiger partial charge in [0.25, 0.3) is 0 Å². The minimum Gasteiger partial charge on any atom is -0.747 e. The Labute approximate surface area is 227 Å². The van der Waals surface area contributed by atoms with E-state index in [0.717, 1.165) is 38.5 Å². The summed E-state index contributed by atoms with van der Waals surface area (Å²) in [5, 5.41) is -1.54. The van der Waals surface area contributed by atoms with E-state index in [1.807, 2.05) is 0 Å². The Morgan fingerprint density at radius 1 is 0.636 bits per heavy atom. The summed E-state index contributed by atoms with van der Waals surface area (Å²) in [5.74, 6) is -0.858. The maximum Gasteiger partial charge on any atom is 1.00 e. The molecule has 0 spiro atoms. The van der Waals surface area contributed by atoms with Crippen molar-refractivity contribution in [2.24, 2.45) is 0 Å². The predicted molar refractivity (Wildman–Crippen MR) is 133 cm³/mol. The van der Waals surface area contributed by atoms with Gasteiger partial charge in [-0.25, -0.2) is 8.42 Å². The molecule has 0 aromatic heterocycles. The normalized spacial score (nSPS) is 12.3. The van der Waals surface area contributed by atoms with Crippen molar-refractivity contribution in [1.82, 2.24) is 0 Å². The number of rotatable bonds is 24. The third kappa shape index (κ3) is 23.9. The molecule has 0 saturated carbocycles. The number of hydrogen-bond donors (Lipinski definition) is 0. The van der Waals surface area contributed by atoms with Gasteiger partial charge < -0.3 is 9.29 Å². The Kier molecular flexibility index (Phi) is 27.4. The molecule has 0 fully saturated rings. The average Bonchev–Trinajstić information content (AvgIpc) is 2.74. The van der Waals surface area contributed by atoms with Crippen LogP contribution in [0.25, 0.3) is 0 Å². The first kappa shape index (κ1) is 35.5. The summed E-state index contributed by atoms with van der Waals surface area (Å²) in [6, 6.07) is 0. The number of hydrogen-bond acceptors (Lipinski definition) is 5. The fourth-order valence-corrected chi connectivity index (χ4v) is 4.81. The molecule has 1 unspecified atom stereocenters. The van der Waals surface area contributed by atoms with Gasteiger partial charge >= 0.3 is 35.5 Å². The fraction of sp³-hybridized carbons (Fsp3) is 0.962. The van der Waals surface area contributed by atoms with Crippen molar-refractivity contribution < 1.29 is 52.1 Å². The summed E-state index contributed by atoms with van der Waals surface area (Å²) in [6.07, 6.45) is 23.2.